The maximum Gasteiger partial charge on any atom is 0.414 e. The molecule has 2 heterocycles. The van der Waals surface area contributed by atoms with Gasteiger partial charge >= 0.3 is 11.9 Å². The second-order valence-electron chi connectivity index (χ2n) is 8.40. The first-order valence-electron chi connectivity index (χ1n) is 11.2. The van der Waals surface area contributed by atoms with Crippen molar-refractivity contribution >= 4 is 29.8 Å². The summed E-state index contributed by atoms with van der Waals surface area (Å²) in [4.78, 5) is 48.4. The molecular weight excluding hydrogens is 442 g/mol. The molecule has 2 amide bonds. The van der Waals surface area contributed by atoms with Crippen molar-refractivity contribution in [3.63, 3.8) is 0 Å². The van der Waals surface area contributed by atoms with E-state index in [0.717, 1.165) is 57.8 Å². The van der Waals surface area contributed by atoms with Gasteiger partial charge in [0, 0.05) is 45.8 Å². The number of allylic oxidation sites excluding steroid dienone is 1. The fourth-order valence-corrected chi connectivity index (χ4v) is 3.63. The Hall–Kier alpha value is -3.24. The normalized spacial score (nSPS) is 17.1. The molecule has 34 heavy (non-hydrogen) atoms. The largest absolute Gasteiger partial charge is 0.473 e. The molecule has 0 saturated carbocycles. The van der Waals surface area contributed by atoms with Crippen molar-refractivity contribution in [1.29, 1.82) is 0 Å². The summed E-state index contributed by atoms with van der Waals surface area (Å²) in [7, 11) is 3.52. The molecule has 0 radical (unpaired) electrons. The number of carboxylic acid groups (broad SMARTS) is 2. The van der Waals surface area contributed by atoms with Crippen LogP contribution in [0.15, 0.2) is 30.3 Å². The Labute approximate surface area is 199 Å². The lowest BCUT2D eigenvalue weighted by Crippen LogP contribution is -2.46. The van der Waals surface area contributed by atoms with Gasteiger partial charge in [-0.2, -0.15) is 0 Å². The van der Waals surface area contributed by atoms with E-state index in [9.17, 15) is 9.59 Å². The second kappa shape index (κ2) is 13.5. The van der Waals surface area contributed by atoms with Gasteiger partial charge in [0.05, 0.1) is 19.8 Å². The summed E-state index contributed by atoms with van der Waals surface area (Å²) in [5.74, 6) is -2.89. The molecule has 0 unspecified atom stereocenters. The van der Waals surface area contributed by atoms with Crippen LogP contribution in [0.5, 0.6) is 0 Å². The SMILES string of the molecule is CN(C)C(=O)c1ccc(C=CC2CCN(C(=O)CN3CCOCC3)CC2)cc1.O=C(O)C(=O)O. The highest BCUT2D eigenvalue weighted by molar-refractivity contribution is 6.27. The van der Waals surface area contributed by atoms with E-state index >= 15 is 0 Å². The number of hydrogen-bond acceptors (Lipinski definition) is 6. The Balaban J connectivity index is 0.000000604. The first kappa shape index (κ1) is 27.0. The number of piperidine rings is 1. The first-order valence-corrected chi connectivity index (χ1v) is 11.2. The van der Waals surface area contributed by atoms with Crippen molar-refractivity contribution in [2.45, 2.75) is 12.8 Å². The number of morpholine rings is 1. The number of likely N-dealkylation sites (tertiary alicyclic amines) is 1. The molecule has 2 aliphatic heterocycles. The van der Waals surface area contributed by atoms with Gasteiger partial charge in [-0.25, -0.2) is 9.59 Å². The molecule has 186 valence electrons. The fraction of sp³-hybridized carbons (Fsp3) is 0.500. The Bertz CT molecular complexity index is 857. The van der Waals surface area contributed by atoms with Gasteiger partial charge in [0.15, 0.2) is 0 Å². The van der Waals surface area contributed by atoms with Gasteiger partial charge < -0.3 is 24.7 Å². The highest BCUT2D eigenvalue weighted by Crippen LogP contribution is 2.20. The van der Waals surface area contributed by atoms with Crippen molar-refractivity contribution in [2.75, 3.05) is 60.0 Å². The Morgan fingerprint density at radius 2 is 1.53 bits per heavy atom. The van der Waals surface area contributed by atoms with Gasteiger partial charge in [-0.3, -0.25) is 14.5 Å². The average Bonchev–Trinajstić information content (AvgIpc) is 2.84. The smallest absolute Gasteiger partial charge is 0.414 e. The minimum absolute atomic E-state index is 0.0182. The highest BCUT2D eigenvalue weighted by Gasteiger charge is 2.23. The van der Waals surface area contributed by atoms with Crippen LogP contribution in [0.1, 0.15) is 28.8 Å². The van der Waals surface area contributed by atoms with E-state index in [0.29, 0.717) is 18.0 Å². The number of nitrogens with zero attached hydrogens (tertiary/aromatic N) is 3. The molecule has 1 aromatic rings. The van der Waals surface area contributed by atoms with E-state index in [-0.39, 0.29) is 11.8 Å². The topological polar surface area (TPSA) is 128 Å². The van der Waals surface area contributed by atoms with Crippen molar-refractivity contribution in [3.05, 3.63) is 41.5 Å². The predicted molar refractivity (Wildman–Crippen MR) is 125 cm³/mol. The van der Waals surface area contributed by atoms with Crippen LogP contribution in [0.3, 0.4) is 0 Å². The molecule has 2 aliphatic rings. The third kappa shape index (κ3) is 8.95. The molecular formula is C24H33N3O7. The lowest BCUT2D eigenvalue weighted by Gasteiger charge is -2.33. The molecule has 2 fully saturated rings. The molecule has 10 heteroatoms. The number of aliphatic carboxylic acids is 2. The van der Waals surface area contributed by atoms with Gasteiger partial charge in [-0.05, 0) is 36.5 Å². The van der Waals surface area contributed by atoms with Gasteiger partial charge in [-0.1, -0.05) is 24.3 Å². The zero-order chi connectivity index (χ0) is 25.1. The lowest BCUT2D eigenvalue weighted by molar-refractivity contribution is -0.159. The van der Waals surface area contributed by atoms with E-state index in [1.165, 1.54) is 0 Å². The third-order valence-corrected chi connectivity index (χ3v) is 5.66. The van der Waals surface area contributed by atoms with Crippen molar-refractivity contribution < 1.29 is 34.1 Å². The molecule has 2 saturated heterocycles. The number of carbonyl (C=O) groups excluding carboxylic acids is 2. The van der Waals surface area contributed by atoms with E-state index < -0.39 is 11.9 Å². The van der Waals surface area contributed by atoms with E-state index in [1.54, 1.807) is 19.0 Å². The number of ether oxygens (including phenoxy) is 1. The standard InChI is InChI=1S/C22H31N3O3.C2H2O4/c1-23(2)22(27)20-7-5-18(6-8-20)3-4-19-9-11-25(12-10-19)21(26)17-24-13-15-28-16-14-24;3-1(4)2(5)6/h3-8,19H,9-17H2,1-2H3;(H,3,4)(H,5,6). The summed E-state index contributed by atoms with van der Waals surface area (Å²) >= 11 is 0. The Morgan fingerprint density at radius 3 is 2.03 bits per heavy atom. The molecule has 0 spiro atoms. The van der Waals surface area contributed by atoms with E-state index in [1.807, 2.05) is 29.2 Å². The Kier molecular flexibility index (Phi) is 10.7. The summed E-state index contributed by atoms with van der Waals surface area (Å²) in [6.07, 6.45) is 6.37. The molecule has 0 aromatic heterocycles. The summed E-state index contributed by atoms with van der Waals surface area (Å²) in [5, 5.41) is 14.8. The monoisotopic (exact) mass is 475 g/mol. The number of carbonyl (C=O) groups is 4. The number of carboxylic acids is 2. The van der Waals surface area contributed by atoms with Crippen LogP contribution in [0.2, 0.25) is 0 Å². The molecule has 3 rings (SSSR count). The zero-order valence-electron chi connectivity index (χ0n) is 19.7. The zero-order valence-corrected chi connectivity index (χ0v) is 19.7. The van der Waals surface area contributed by atoms with Gasteiger partial charge in [-0.15, -0.1) is 0 Å². The van der Waals surface area contributed by atoms with Gasteiger partial charge in [0.25, 0.3) is 5.91 Å². The van der Waals surface area contributed by atoms with Crippen LogP contribution >= 0.6 is 0 Å². The van der Waals surface area contributed by atoms with Crippen LogP contribution in [0, 0.1) is 5.92 Å². The summed E-state index contributed by atoms with van der Waals surface area (Å²) < 4.78 is 5.34. The van der Waals surface area contributed by atoms with E-state index in [2.05, 4.69) is 17.1 Å². The highest BCUT2D eigenvalue weighted by atomic mass is 16.5. The number of hydrogen-bond donors (Lipinski definition) is 2. The lowest BCUT2D eigenvalue weighted by atomic mass is 9.95. The van der Waals surface area contributed by atoms with Gasteiger partial charge in [0.2, 0.25) is 5.91 Å². The third-order valence-electron chi connectivity index (χ3n) is 5.66. The van der Waals surface area contributed by atoms with Crippen molar-refractivity contribution in [3.8, 4) is 0 Å². The maximum atomic E-state index is 12.5. The predicted octanol–water partition coefficient (Wildman–Crippen LogP) is 1.13. The average molecular weight is 476 g/mol. The van der Waals surface area contributed by atoms with E-state index in [4.69, 9.17) is 24.5 Å². The fourth-order valence-electron chi connectivity index (χ4n) is 3.63. The number of rotatable bonds is 5. The quantitative estimate of drug-likeness (QED) is 0.607. The maximum absolute atomic E-state index is 12.5. The second-order valence-corrected chi connectivity index (χ2v) is 8.40. The van der Waals surface area contributed by atoms with Crippen LogP contribution < -0.4 is 0 Å². The molecule has 1 aromatic carbocycles. The number of amides is 2. The first-order chi connectivity index (χ1) is 16.2. The van der Waals surface area contributed by atoms with Crippen molar-refractivity contribution in [1.82, 2.24) is 14.7 Å². The molecule has 0 aliphatic carbocycles. The van der Waals surface area contributed by atoms with Crippen molar-refractivity contribution in [2.24, 2.45) is 5.92 Å². The van der Waals surface area contributed by atoms with Crippen LogP contribution in [0.25, 0.3) is 6.08 Å². The molecule has 2 N–H and O–H groups in total. The Morgan fingerprint density at radius 1 is 0.971 bits per heavy atom. The number of benzene rings is 1. The summed E-state index contributed by atoms with van der Waals surface area (Å²) in [6, 6.07) is 7.70. The van der Waals surface area contributed by atoms with Gasteiger partial charge in [0.1, 0.15) is 0 Å². The van der Waals surface area contributed by atoms with Crippen LogP contribution in [-0.4, -0.2) is 109 Å². The molecule has 0 bridgehead atoms. The van der Waals surface area contributed by atoms with Crippen LogP contribution in [-0.2, 0) is 19.1 Å². The minimum Gasteiger partial charge on any atom is -0.473 e. The van der Waals surface area contributed by atoms with Crippen LogP contribution in [0.4, 0.5) is 0 Å². The molecule has 10 nitrogen and oxygen atoms in total. The minimum atomic E-state index is -1.82. The molecule has 0 atom stereocenters. The summed E-state index contributed by atoms with van der Waals surface area (Å²) in [5.41, 5.74) is 1.80. The summed E-state index contributed by atoms with van der Waals surface area (Å²) in [6.45, 7) is 5.33.